The van der Waals surface area contributed by atoms with Gasteiger partial charge < -0.3 is 5.32 Å². The zero-order chi connectivity index (χ0) is 14.6. The largest absolute Gasteiger partial charge is 0.317 e. The Morgan fingerprint density at radius 3 is 2.90 bits per heavy atom. The van der Waals surface area contributed by atoms with Crippen molar-refractivity contribution in [2.24, 2.45) is 11.3 Å². The van der Waals surface area contributed by atoms with Gasteiger partial charge in [0.2, 0.25) is 0 Å². The van der Waals surface area contributed by atoms with Crippen LogP contribution < -0.4 is 5.32 Å². The molecule has 3 nitrogen and oxygen atoms in total. The number of nitrogens with one attached hydrogen (secondary N) is 1. The normalized spacial score (nSPS) is 25.8. The van der Waals surface area contributed by atoms with Gasteiger partial charge in [0.05, 0.1) is 6.20 Å². The van der Waals surface area contributed by atoms with Crippen LogP contribution >= 0.6 is 0 Å². The predicted octanol–water partition coefficient (Wildman–Crippen LogP) is 3.81. The molecule has 1 fully saturated rings. The molecule has 20 heavy (non-hydrogen) atoms. The van der Waals surface area contributed by atoms with Crippen molar-refractivity contribution in [3.63, 3.8) is 0 Å². The van der Waals surface area contributed by atoms with Gasteiger partial charge in [0, 0.05) is 12.7 Å². The molecular weight excluding hydrogens is 246 g/mol. The maximum Gasteiger partial charge on any atom is 0.0524 e. The van der Waals surface area contributed by atoms with E-state index < -0.39 is 0 Å². The molecule has 2 unspecified atom stereocenters. The fourth-order valence-corrected chi connectivity index (χ4v) is 3.53. The molecule has 114 valence electrons. The predicted molar refractivity (Wildman–Crippen MR) is 84.9 cm³/mol. The highest BCUT2D eigenvalue weighted by Crippen LogP contribution is 2.46. The molecule has 0 aromatic carbocycles. The van der Waals surface area contributed by atoms with E-state index in [1.54, 1.807) is 0 Å². The van der Waals surface area contributed by atoms with Gasteiger partial charge in [-0.15, -0.1) is 0 Å². The topological polar surface area (TPSA) is 29.9 Å². The fourth-order valence-electron chi connectivity index (χ4n) is 3.53. The highest BCUT2D eigenvalue weighted by atomic mass is 15.3. The monoisotopic (exact) mass is 277 g/mol. The quantitative estimate of drug-likeness (QED) is 0.857. The maximum atomic E-state index is 4.54. The van der Waals surface area contributed by atoms with Crippen LogP contribution in [0.15, 0.2) is 12.4 Å². The third kappa shape index (κ3) is 3.85. The Balaban J connectivity index is 2.12. The molecule has 2 atom stereocenters. The van der Waals surface area contributed by atoms with Crippen molar-refractivity contribution >= 4 is 0 Å². The molecule has 0 aliphatic heterocycles. The Bertz CT molecular complexity index is 408. The zero-order valence-corrected chi connectivity index (χ0v) is 13.7. The van der Waals surface area contributed by atoms with Crippen molar-refractivity contribution in [3.05, 3.63) is 18.0 Å². The van der Waals surface area contributed by atoms with Crippen LogP contribution in [0.2, 0.25) is 0 Å². The highest BCUT2D eigenvalue weighted by Gasteiger charge is 2.35. The summed E-state index contributed by atoms with van der Waals surface area (Å²) in [5, 5.41) is 8.09. The van der Waals surface area contributed by atoms with E-state index in [1.807, 2.05) is 0 Å². The summed E-state index contributed by atoms with van der Waals surface area (Å²) < 4.78 is 2.11. The molecule has 0 spiro atoms. The number of hydrogen-bond donors (Lipinski definition) is 1. The maximum absolute atomic E-state index is 4.54. The Kier molecular flexibility index (Phi) is 5.25. The summed E-state index contributed by atoms with van der Waals surface area (Å²) in [5.74, 6) is 1.44. The van der Waals surface area contributed by atoms with E-state index in [-0.39, 0.29) is 0 Å². The lowest BCUT2D eigenvalue weighted by Crippen LogP contribution is -2.34. The molecule has 1 saturated carbocycles. The van der Waals surface area contributed by atoms with Crippen LogP contribution in [0.5, 0.6) is 0 Å². The van der Waals surface area contributed by atoms with Gasteiger partial charge in [-0.1, -0.05) is 27.7 Å². The molecule has 1 N–H and O–H groups in total. The van der Waals surface area contributed by atoms with Crippen molar-refractivity contribution in [2.45, 2.75) is 65.8 Å². The van der Waals surface area contributed by atoms with Gasteiger partial charge in [0.15, 0.2) is 0 Å². The molecule has 1 aliphatic carbocycles. The van der Waals surface area contributed by atoms with E-state index in [2.05, 4.69) is 55.2 Å². The van der Waals surface area contributed by atoms with Crippen molar-refractivity contribution in [3.8, 4) is 0 Å². The summed E-state index contributed by atoms with van der Waals surface area (Å²) in [6, 6.07) is 0. The van der Waals surface area contributed by atoms with Gasteiger partial charge in [0.25, 0.3) is 0 Å². The lowest BCUT2D eigenvalue weighted by Gasteiger charge is -2.40. The number of aryl methyl sites for hydroxylation is 1. The SMILES string of the molecule is CCCn1cc(C2CC(C)(C)CCC2CNCC)cn1. The van der Waals surface area contributed by atoms with Crippen LogP contribution in [-0.2, 0) is 6.54 Å². The summed E-state index contributed by atoms with van der Waals surface area (Å²) in [4.78, 5) is 0. The van der Waals surface area contributed by atoms with E-state index in [0.29, 0.717) is 11.3 Å². The second-order valence-corrected chi connectivity index (χ2v) is 7.12. The van der Waals surface area contributed by atoms with Crippen molar-refractivity contribution < 1.29 is 0 Å². The van der Waals surface area contributed by atoms with Gasteiger partial charge in [0.1, 0.15) is 0 Å². The van der Waals surface area contributed by atoms with E-state index in [0.717, 1.165) is 32.0 Å². The molecular formula is C17H31N3. The Morgan fingerprint density at radius 2 is 2.20 bits per heavy atom. The van der Waals surface area contributed by atoms with Gasteiger partial charge in [-0.05, 0) is 61.6 Å². The molecule has 0 amide bonds. The van der Waals surface area contributed by atoms with Crippen LogP contribution in [0.4, 0.5) is 0 Å². The van der Waals surface area contributed by atoms with E-state index in [1.165, 1.54) is 24.8 Å². The van der Waals surface area contributed by atoms with Crippen LogP contribution in [0, 0.1) is 11.3 Å². The van der Waals surface area contributed by atoms with E-state index in [9.17, 15) is 0 Å². The molecule has 2 rings (SSSR count). The second kappa shape index (κ2) is 6.75. The summed E-state index contributed by atoms with van der Waals surface area (Å²) in [5.41, 5.74) is 1.93. The Morgan fingerprint density at radius 1 is 1.40 bits per heavy atom. The van der Waals surface area contributed by atoms with Crippen LogP contribution in [-0.4, -0.2) is 22.9 Å². The molecule has 0 saturated heterocycles. The van der Waals surface area contributed by atoms with Crippen molar-refractivity contribution in [2.75, 3.05) is 13.1 Å². The second-order valence-electron chi connectivity index (χ2n) is 7.12. The number of aromatic nitrogens is 2. The summed E-state index contributed by atoms with van der Waals surface area (Å²) in [7, 11) is 0. The highest BCUT2D eigenvalue weighted by molar-refractivity contribution is 5.15. The van der Waals surface area contributed by atoms with Crippen molar-refractivity contribution in [1.82, 2.24) is 15.1 Å². The summed E-state index contributed by atoms with van der Waals surface area (Å²) >= 11 is 0. The minimum absolute atomic E-state index is 0.472. The van der Waals surface area contributed by atoms with Crippen LogP contribution in [0.3, 0.4) is 0 Å². The molecule has 1 aliphatic rings. The lowest BCUT2D eigenvalue weighted by molar-refractivity contribution is 0.160. The number of rotatable bonds is 6. The van der Waals surface area contributed by atoms with Crippen molar-refractivity contribution in [1.29, 1.82) is 0 Å². The first-order chi connectivity index (χ1) is 9.55. The van der Waals surface area contributed by atoms with E-state index >= 15 is 0 Å². The summed E-state index contributed by atoms with van der Waals surface area (Å²) in [6.45, 7) is 12.5. The third-order valence-corrected chi connectivity index (χ3v) is 4.72. The first-order valence-corrected chi connectivity index (χ1v) is 8.29. The average Bonchev–Trinajstić information content (AvgIpc) is 2.85. The molecule has 3 heteroatoms. The molecule has 0 bridgehead atoms. The zero-order valence-electron chi connectivity index (χ0n) is 13.7. The molecule has 1 aromatic rings. The molecule has 1 heterocycles. The van der Waals surface area contributed by atoms with Gasteiger partial charge in [-0.2, -0.15) is 5.10 Å². The number of hydrogen-bond acceptors (Lipinski definition) is 2. The Hall–Kier alpha value is -0.830. The minimum atomic E-state index is 0.472. The smallest absolute Gasteiger partial charge is 0.0524 e. The van der Waals surface area contributed by atoms with Gasteiger partial charge in [-0.25, -0.2) is 0 Å². The van der Waals surface area contributed by atoms with Crippen LogP contribution in [0.25, 0.3) is 0 Å². The Labute approximate surface area is 124 Å². The average molecular weight is 277 g/mol. The van der Waals surface area contributed by atoms with E-state index in [4.69, 9.17) is 0 Å². The third-order valence-electron chi connectivity index (χ3n) is 4.72. The minimum Gasteiger partial charge on any atom is -0.317 e. The standard InChI is InChI=1S/C17H31N3/c1-5-9-20-13-15(12-19-20)16-10-17(3,4)8-7-14(16)11-18-6-2/h12-14,16,18H,5-11H2,1-4H3. The lowest BCUT2D eigenvalue weighted by atomic mass is 9.65. The molecule has 0 radical (unpaired) electrons. The van der Waals surface area contributed by atoms with Crippen LogP contribution in [0.1, 0.15) is 64.9 Å². The fraction of sp³-hybridized carbons (Fsp3) is 0.824. The first kappa shape index (κ1) is 15.6. The van der Waals surface area contributed by atoms with Gasteiger partial charge >= 0.3 is 0 Å². The number of nitrogens with zero attached hydrogens (tertiary/aromatic N) is 2. The first-order valence-electron chi connectivity index (χ1n) is 8.29. The molecule has 1 aromatic heterocycles. The van der Waals surface area contributed by atoms with Gasteiger partial charge in [-0.3, -0.25) is 4.68 Å². The summed E-state index contributed by atoms with van der Waals surface area (Å²) in [6.07, 6.45) is 9.53.